The summed E-state index contributed by atoms with van der Waals surface area (Å²) in [6.45, 7) is 4.66. The quantitative estimate of drug-likeness (QED) is 0.851. The molecule has 0 bridgehead atoms. The Morgan fingerprint density at radius 3 is 2.59 bits per heavy atom. The Kier molecular flexibility index (Phi) is 3.44. The number of hydrogen-bond donors (Lipinski definition) is 1. The van der Waals surface area contributed by atoms with Crippen LogP contribution in [0, 0.1) is 11.6 Å². The Hall–Kier alpha value is -1.95. The van der Waals surface area contributed by atoms with Crippen molar-refractivity contribution in [1.29, 1.82) is 0 Å². The predicted molar refractivity (Wildman–Crippen MR) is 83.0 cm³/mol. The third-order valence-corrected chi connectivity index (χ3v) is 3.97. The van der Waals surface area contributed by atoms with E-state index in [0.29, 0.717) is 23.9 Å². The molecule has 0 saturated heterocycles. The van der Waals surface area contributed by atoms with E-state index in [1.807, 2.05) is 18.7 Å². The molecule has 3 rings (SSSR count). The molecule has 1 N–H and O–H groups in total. The highest BCUT2D eigenvalue weighted by Gasteiger charge is 2.40. The lowest BCUT2D eigenvalue weighted by Gasteiger charge is -2.22. The van der Waals surface area contributed by atoms with E-state index >= 15 is 0 Å². The number of nitrogens with zero attached hydrogens (tertiary/aromatic N) is 3. The van der Waals surface area contributed by atoms with E-state index in [-0.39, 0.29) is 10.7 Å². The van der Waals surface area contributed by atoms with E-state index in [1.165, 1.54) is 6.07 Å². The molecule has 0 atom stereocenters. The first-order valence-corrected chi connectivity index (χ1v) is 7.19. The van der Waals surface area contributed by atoms with Crippen LogP contribution in [0.5, 0.6) is 0 Å². The average molecular weight is 325 g/mol. The van der Waals surface area contributed by atoms with Crippen molar-refractivity contribution in [2.75, 3.05) is 23.8 Å². The Morgan fingerprint density at radius 2 is 1.95 bits per heavy atom. The number of nitrogens with one attached hydrogen (secondary N) is 1. The molecule has 0 fully saturated rings. The number of hydrogen-bond acceptors (Lipinski definition) is 4. The maximum Gasteiger partial charge on any atom is 0.226 e. The molecule has 7 heteroatoms. The number of aromatic nitrogens is 2. The Bertz CT molecular complexity index is 749. The minimum atomic E-state index is -0.891. The van der Waals surface area contributed by atoms with Crippen molar-refractivity contribution in [3.05, 3.63) is 40.7 Å². The summed E-state index contributed by atoms with van der Waals surface area (Å²) in [4.78, 5) is 10.3. The van der Waals surface area contributed by atoms with Crippen LogP contribution in [0.15, 0.2) is 18.2 Å². The summed E-state index contributed by atoms with van der Waals surface area (Å²) >= 11 is 5.99. The van der Waals surface area contributed by atoms with Crippen LogP contribution >= 0.6 is 11.6 Å². The van der Waals surface area contributed by atoms with Gasteiger partial charge in [0.2, 0.25) is 5.28 Å². The van der Waals surface area contributed by atoms with Crippen molar-refractivity contribution in [1.82, 2.24) is 9.97 Å². The zero-order chi connectivity index (χ0) is 16.1. The largest absolute Gasteiger partial charge is 0.373 e. The topological polar surface area (TPSA) is 41.1 Å². The van der Waals surface area contributed by atoms with Gasteiger partial charge in [-0.3, -0.25) is 0 Å². The van der Waals surface area contributed by atoms with Crippen molar-refractivity contribution in [2.45, 2.75) is 19.3 Å². The lowest BCUT2D eigenvalue weighted by Crippen LogP contribution is -2.25. The van der Waals surface area contributed by atoms with Crippen LogP contribution in [0.2, 0.25) is 5.28 Å². The van der Waals surface area contributed by atoms with Gasteiger partial charge in [-0.15, -0.1) is 0 Å². The Labute approximate surface area is 132 Å². The van der Waals surface area contributed by atoms with Crippen LogP contribution in [0.3, 0.4) is 0 Å². The smallest absolute Gasteiger partial charge is 0.226 e. The predicted octanol–water partition coefficient (Wildman–Crippen LogP) is 3.88. The zero-order valence-corrected chi connectivity index (χ0v) is 13.2. The van der Waals surface area contributed by atoms with Crippen molar-refractivity contribution >= 4 is 28.9 Å². The molecular weight excluding hydrogens is 310 g/mol. The summed E-state index contributed by atoms with van der Waals surface area (Å²) in [5.41, 5.74) is 1.18. The standard InChI is InChI=1S/C15H15ClF2N4/c1-15(2)7-22(8-4-5-9(17)10(18)6-8)13-11(15)12(19-3)20-14(16)21-13/h4-6H,7H2,1-3H3,(H,19,20,21). The lowest BCUT2D eigenvalue weighted by atomic mass is 9.88. The van der Waals surface area contributed by atoms with E-state index in [9.17, 15) is 8.78 Å². The van der Waals surface area contributed by atoms with Gasteiger partial charge < -0.3 is 10.2 Å². The SMILES string of the molecule is CNc1nc(Cl)nc2c1C(C)(C)CN2c1ccc(F)c(F)c1. The van der Waals surface area contributed by atoms with Gasteiger partial charge in [0, 0.05) is 36.3 Å². The molecule has 0 unspecified atom stereocenters. The Morgan fingerprint density at radius 1 is 1.23 bits per heavy atom. The third kappa shape index (κ3) is 2.27. The highest BCUT2D eigenvalue weighted by molar-refractivity contribution is 6.28. The van der Waals surface area contributed by atoms with Gasteiger partial charge in [-0.1, -0.05) is 13.8 Å². The highest BCUT2D eigenvalue weighted by Crippen LogP contribution is 2.46. The van der Waals surface area contributed by atoms with Crippen LogP contribution < -0.4 is 10.2 Å². The number of halogens is 3. The maximum atomic E-state index is 13.6. The molecule has 2 aromatic rings. The molecule has 22 heavy (non-hydrogen) atoms. The first-order chi connectivity index (χ1) is 10.3. The van der Waals surface area contributed by atoms with Gasteiger partial charge in [-0.25, -0.2) is 13.8 Å². The minimum absolute atomic E-state index is 0.105. The van der Waals surface area contributed by atoms with Gasteiger partial charge in [0.15, 0.2) is 11.6 Å². The van der Waals surface area contributed by atoms with Gasteiger partial charge >= 0.3 is 0 Å². The summed E-state index contributed by atoms with van der Waals surface area (Å²) in [5.74, 6) is -0.512. The molecule has 0 aliphatic carbocycles. The zero-order valence-electron chi connectivity index (χ0n) is 12.4. The molecule has 1 aliphatic heterocycles. The van der Waals surface area contributed by atoms with Crippen LogP contribution in [-0.2, 0) is 5.41 Å². The fourth-order valence-corrected chi connectivity index (χ4v) is 3.00. The summed E-state index contributed by atoms with van der Waals surface area (Å²) in [6, 6.07) is 3.80. The van der Waals surface area contributed by atoms with Crippen molar-refractivity contribution in [3.63, 3.8) is 0 Å². The first-order valence-electron chi connectivity index (χ1n) is 6.82. The second kappa shape index (κ2) is 5.05. The fourth-order valence-electron chi connectivity index (χ4n) is 2.84. The molecule has 0 saturated carbocycles. The second-order valence-electron chi connectivity index (χ2n) is 5.86. The highest BCUT2D eigenvalue weighted by atomic mass is 35.5. The van der Waals surface area contributed by atoms with Crippen LogP contribution in [0.1, 0.15) is 19.4 Å². The van der Waals surface area contributed by atoms with Crippen LogP contribution in [0.25, 0.3) is 0 Å². The van der Waals surface area contributed by atoms with Gasteiger partial charge in [0.05, 0.1) is 0 Å². The van der Waals surface area contributed by atoms with Crippen molar-refractivity contribution in [2.24, 2.45) is 0 Å². The van der Waals surface area contributed by atoms with Crippen LogP contribution in [0.4, 0.5) is 26.1 Å². The summed E-state index contributed by atoms with van der Waals surface area (Å²) in [7, 11) is 1.76. The van der Waals surface area contributed by atoms with Gasteiger partial charge in [0.25, 0.3) is 0 Å². The molecular formula is C15H15ClF2N4. The van der Waals surface area contributed by atoms with Crippen LogP contribution in [-0.4, -0.2) is 23.6 Å². The average Bonchev–Trinajstić information content (AvgIpc) is 2.72. The fraction of sp³-hybridized carbons (Fsp3) is 0.333. The molecule has 4 nitrogen and oxygen atoms in total. The molecule has 116 valence electrons. The number of fused-ring (bicyclic) bond motifs is 1. The van der Waals surface area contributed by atoms with Crippen molar-refractivity contribution in [3.8, 4) is 0 Å². The summed E-state index contributed by atoms with van der Waals surface area (Å²) in [6.07, 6.45) is 0. The summed E-state index contributed by atoms with van der Waals surface area (Å²) in [5, 5.41) is 3.12. The minimum Gasteiger partial charge on any atom is -0.373 e. The van der Waals surface area contributed by atoms with E-state index < -0.39 is 11.6 Å². The Balaban J connectivity index is 2.19. The van der Waals surface area contributed by atoms with E-state index in [2.05, 4.69) is 15.3 Å². The molecule has 1 aromatic heterocycles. The monoisotopic (exact) mass is 324 g/mol. The summed E-state index contributed by atoms with van der Waals surface area (Å²) < 4.78 is 26.7. The molecule has 0 radical (unpaired) electrons. The van der Waals surface area contributed by atoms with Gasteiger partial charge in [-0.2, -0.15) is 4.98 Å². The van der Waals surface area contributed by atoms with E-state index in [0.717, 1.165) is 17.7 Å². The first kappa shape index (κ1) is 15.0. The van der Waals surface area contributed by atoms with E-state index in [4.69, 9.17) is 11.6 Å². The van der Waals surface area contributed by atoms with E-state index in [1.54, 1.807) is 7.05 Å². The molecule has 0 spiro atoms. The van der Waals surface area contributed by atoms with Gasteiger partial charge in [-0.05, 0) is 23.7 Å². The molecule has 1 aromatic carbocycles. The number of rotatable bonds is 2. The molecule has 2 heterocycles. The maximum absolute atomic E-state index is 13.6. The molecule has 1 aliphatic rings. The van der Waals surface area contributed by atoms with Crippen molar-refractivity contribution < 1.29 is 8.78 Å². The number of benzene rings is 1. The third-order valence-electron chi connectivity index (χ3n) is 3.80. The number of anilines is 3. The second-order valence-corrected chi connectivity index (χ2v) is 6.20. The normalized spacial score (nSPS) is 15.8. The lowest BCUT2D eigenvalue weighted by molar-refractivity contribution is 0.508. The molecule has 0 amide bonds. The van der Waals surface area contributed by atoms with Gasteiger partial charge in [0.1, 0.15) is 11.6 Å².